The molecule has 5 heteroatoms. The molecule has 4 nitrogen and oxygen atoms in total. The molecule has 1 unspecified atom stereocenters. The number of carbonyl (C=O) groups excluding carboxylic acids is 1. The van der Waals surface area contributed by atoms with Crippen LogP contribution in [-0.2, 0) is 0 Å². The summed E-state index contributed by atoms with van der Waals surface area (Å²) in [5.41, 5.74) is 0.581. The number of halogens is 1. The highest BCUT2D eigenvalue weighted by Crippen LogP contribution is 2.15. The van der Waals surface area contributed by atoms with Gasteiger partial charge in [0, 0.05) is 17.3 Å². The van der Waals surface area contributed by atoms with Crippen LogP contribution < -0.4 is 16.0 Å². The third-order valence-corrected chi connectivity index (χ3v) is 3.14. The standard InChI is InChI=1S/C12H16ClN3O/c1-12(6-7-14-8-12)16-11(17)15-10-4-2-9(13)3-5-10/h2-5,14H,6-8H2,1H3,(H2,15,16,17). The highest BCUT2D eigenvalue weighted by atomic mass is 35.5. The van der Waals surface area contributed by atoms with Gasteiger partial charge in [-0.1, -0.05) is 11.6 Å². The lowest BCUT2D eigenvalue weighted by Gasteiger charge is -2.24. The summed E-state index contributed by atoms with van der Waals surface area (Å²) in [6, 6.07) is 6.86. The summed E-state index contributed by atoms with van der Waals surface area (Å²) in [5, 5.41) is 9.64. The van der Waals surface area contributed by atoms with Gasteiger partial charge in [-0.15, -0.1) is 0 Å². The Morgan fingerprint density at radius 1 is 1.41 bits per heavy atom. The van der Waals surface area contributed by atoms with Crippen LogP contribution in [0.5, 0.6) is 0 Å². The lowest BCUT2D eigenvalue weighted by atomic mass is 10.0. The zero-order valence-corrected chi connectivity index (χ0v) is 10.5. The molecular weight excluding hydrogens is 238 g/mol. The summed E-state index contributed by atoms with van der Waals surface area (Å²) in [7, 11) is 0. The molecule has 1 aliphatic rings. The van der Waals surface area contributed by atoms with Crippen molar-refractivity contribution in [2.24, 2.45) is 0 Å². The first-order valence-electron chi connectivity index (χ1n) is 5.63. The fourth-order valence-corrected chi connectivity index (χ4v) is 2.02. The van der Waals surface area contributed by atoms with Crippen LogP contribution in [0.15, 0.2) is 24.3 Å². The van der Waals surface area contributed by atoms with E-state index in [1.807, 2.05) is 6.92 Å². The van der Waals surface area contributed by atoms with Gasteiger partial charge in [0.15, 0.2) is 0 Å². The molecule has 0 bridgehead atoms. The van der Waals surface area contributed by atoms with E-state index in [-0.39, 0.29) is 11.6 Å². The smallest absolute Gasteiger partial charge is 0.319 e. The van der Waals surface area contributed by atoms with Crippen LogP contribution in [0.1, 0.15) is 13.3 Å². The molecule has 0 aliphatic carbocycles. The van der Waals surface area contributed by atoms with Gasteiger partial charge >= 0.3 is 6.03 Å². The molecule has 1 atom stereocenters. The van der Waals surface area contributed by atoms with Gasteiger partial charge in [0.05, 0.1) is 5.54 Å². The molecule has 0 aromatic heterocycles. The molecule has 17 heavy (non-hydrogen) atoms. The second kappa shape index (κ2) is 4.94. The maximum absolute atomic E-state index is 11.8. The molecule has 1 fully saturated rings. The summed E-state index contributed by atoms with van der Waals surface area (Å²) >= 11 is 5.77. The predicted molar refractivity (Wildman–Crippen MR) is 69.5 cm³/mol. The normalized spacial score (nSPS) is 23.4. The Labute approximate surface area is 106 Å². The quantitative estimate of drug-likeness (QED) is 0.757. The van der Waals surface area contributed by atoms with Crippen LogP contribution in [0, 0.1) is 0 Å². The molecule has 2 amide bonds. The minimum Gasteiger partial charge on any atom is -0.331 e. The SMILES string of the molecule is CC1(NC(=O)Nc2ccc(Cl)cc2)CCNC1. The second-order valence-corrected chi connectivity index (χ2v) is 5.01. The van der Waals surface area contributed by atoms with Gasteiger partial charge in [-0.3, -0.25) is 0 Å². The molecule has 1 heterocycles. The number of carbonyl (C=O) groups is 1. The van der Waals surface area contributed by atoms with E-state index in [2.05, 4.69) is 16.0 Å². The summed E-state index contributed by atoms with van der Waals surface area (Å²) < 4.78 is 0. The molecule has 2 rings (SSSR count). The maximum atomic E-state index is 11.8. The van der Waals surface area contributed by atoms with Gasteiger partial charge in [0.1, 0.15) is 0 Å². The predicted octanol–water partition coefficient (Wildman–Crippen LogP) is 2.21. The average molecular weight is 254 g/mol. The van der Waals surface area contributed by atoms with Crippen molar-refractivity contribution in [3.63, 3.8) is 0 Å². The molecule has 1 aliphatic heterocycles. The fourth-order valence-electron chi connectivity index (χ4n) is 1.89. The van der Waals surface area contributed by atoms with Crippen LogP contribution in [0.25, 0.3) is 0 Å². The fraction of sp³-hybridized carbons (Fsp3) is 0.417. The van der Waals surface area contributed by atoms with E-state index >= 15 is 0 Å². The zero-order valence-electron chi connectivity index (χ0n) is 9.72. The van der Waals surface area contributed by atoms with Crippen LogP contribution in [0.3, 0.4) is 0 Å². The zero-order chi connectivity index (χ0) is 12.3. The van der Waals surface area contributed by atoms with E-state index in [0.717, 1.165) is 25.2 Å². The lowest BCUT2D eigenvalue weighted by molar-refractivity contribution is 0.241. The van der Waals surface area contributed by atoms with Crippen LogP contribution in [-0.4, -0.2) is 24.7 Å². The number of rotatable bonds is 2. The molecule has 1 aromatic carbocycles. The Morgan fingerprint density at radius 3 is 2.71 bits per heavy atom. The van der Waals surface area contributed by atoms with E-state index in [1.165, 1.54) is 0 Å². The third kappa shape index (κ3) is 3.35. The summed E-state index contributed by atoms with van der Waals surface area (Å²) in [5.74, 6) is 0. The third-order valence-electron chi connectivity index (χ3n) is 2.89. The van der Waals surface area contributed by atoms with Crippen LogP contribution in [0.2, 0.25) is 5.02 Å². The Morgan fingerprint density at radius 2 is 2.12 bits per heavy atom. The minimum absolute atomic E-state index is 0.156. The largest absolute Gasteiger partial charge is 0.331 e. The number of nitrogens with one attached hydrogen (secondary N) is 3. The molecule has 92 valence electrons. The second-order valence-electron chi connectivity index (χ2n) is 4.57. The van der Waals surface area contributed by atoms with Crippen molar-refractivity contribution in [1.29, 1.82) is 0 Å². The van der Waals surface area contributed by atoms with Crippen LogP contribution in [0.4, 0.5) is 10.5 Å². The van der Waals surface area contributed by atoms with Crippen molar-refractivity contribution in [3.8, 4) is 0 Å². The van der Waals surface area contributed by atoms with E-state index in [1.54, 1.807) is 24.3 Å². The number of amides is 2. The Bertz CT molecular complexity index is 399. The first-order valence-corrected chi connectivity index (χ1v) is 6.01. The molecule has 3 N–H and O–H groups in total. The highest BCUT2D eigenvalue weighted by Gasteiger charge is 2.29. The number of hydrogen-bond donors (Lipinski definition) is 3. The summed E-state index contributed by atoms with van der Waals surface area (Å²) in [6.07, 6.45) is 0.945. The van der Waals surface area contributed by atoms with Crippen molar-refractivity contribution in [2.45, 2.75) is 18.9 Å². The van der Waals surface area contributed by atoms with Gasteiger partial charge in [0.2, 0.25) is 0 Å². The first-order chi connectivity index (χ1) is 8.07. The molecule has 0 spiro atoms. The Kier molecular flexibility index (Phi) is 3.54. The van der Waals surface area contributed by atoms with E-state index < -0.39 is 0 Å². The van der Waals surface area contributed by atoms with Gasteiger partial charge in [-0.25, -0.2) is 4.79 Å². The van der Waals surface area contributed by atoms with Crippen molar-refractivity contribution >= 4 is 23.3 Å². The van der Waals surface area contributed by atoms with Crippen molar-refractivity contribution in [1.82, 2.24) is 10.6 Å². The summed E-state index contributed by atoms with van der Waals surface area (Å²) in [4.78, 5) is 11.8. The molecule has 1 saturated heterocycles. The average Bonchev–Trinajstić information content (AvgIpc) is 2.68. The van der Waals surface area contributed by atoms with Crippen LogP contribution >= 0.6 is 11.6 Å². The van der Waals surface area contributed by atoms with E-state index in [9.17, 15) is 4.79 Å². The Hall–Kier alpha value is -1.26. The van der Waals surface area contributed by atoms with Crippen molar-refractivity contribution < 1.29 is 4.79 Å². The maximum Gasteiger partial charge on any atom is 0.319 e. The number of hydrogen-bond acceptors (Lipinski definition) is 2. The first kappa shape index (κ1) is 12.2. The molecule has 1 aromatic rings. The van der Waals surface area contributed by atoms with Crippen molar-refractivity contribution in [2.75, 3.05) is 18.4 Å². The monoisotopic (exact) mass is 253 g/mol. The molecular formula is C12H16ClN3O. The number of urea groups is 1. The highest BCUT2D eigenvalue weighted by molar-refractivity contribution is 6.30. The molecule has 0 radical (unpaired) electrons. The minimum atomic E-state index is -0.182. The van der Waals surface area contributed by atoms with Gasteiger partial charge < -0.3 is 16.0 Å². The van der Waals surface area contributed by atoms with Gasteiger partial charge in [-0.05, 0) is 44.2 Å². The summed E-state index contributed by atoms with van der Waals surface area (Å²) in [6.45, 7) is 3.78. The molecule has 0 saturated carbocycles. The van der Waals surface area contributed by atoms with Gasteiger partial charge in [0.25, 0.3) is 0 Å². The van der Waals surface area contributed by atoms with E-state index in [0.29, 0.717) is 5.02 Å². The lowest BCUT2D eigenvalue weighted by Crippen LogP contribution is -2.49. The Balaban J connectivity index is 1.91. The number of anilines is 1. The van der Waals surface area contributed by atoms with Gasteiger partial charge in [-0.2, -0.15) is 0 Å². The van der Waals surface area contributed by atoms with E-state index in [4.69, 9.17) is 11.6 Å². The topological polar surface area (TPSA) is 53.2 Å². The number of benzene rings is 1. The van der Waals surface area contributed by atoms with Crippen molar-refractivity contribution in [3.05, 3.63) is 29.3 Å².